The van der Waals surface area contributed by atoms with E-state index in [-0.39, 0.29) is 5.54 Å². The topological polar surface area (TPSA) is 30.9 Å². The lowest BCUT2D eigenvalue weighted by atomic mass is 9.95. The highest BCUT2D eigenvalue weighted by Crippen LogP contribution is 2.29. The van der Waals surface area contributed by atoms with Gasteiger partial charge in [0.2, 0.25) is 0 Å². The Kier molecular flexibility index (Phi) is 2.40. The molecular formula is C12H15BrN2. The van der Waals surface area contributed by atoms with Gasteiger partial charge in [0.15, 0.2) is 0 Å². The van der Waals surface area contributed by atoms with E-state index in [0.29, 0.717) is 0 Å². The molecule has 1 aromatic carbocycles. The number of benzene rings is 1. The Hall–Kier alpha value is -0.800. The maximum absolute atomic E-state index is 6.15. The fraction of sp³-hybridized carbons (Fsp3) is 0.333. The Labute approximate surface area is 98.2 Å². The third-order valence-corrected chi connectivity index (χ3v) is 3.14. The molecule has 2 N–H and O–H groups in total. The minimum Gasteiger partial charge on any atom is -0.350 e. The van der Waals surface area contributed by atoms with Gasteiger partial charge in [0.25, 0.3) is 0 Å². The zero-order chi connectivity index (χ0) is 11.2. The third-order valence-electron chi connectivity index (χ3n) is 2.65. The molecule has 0 fully saturated rings. The van der Waals surface area contributed by atoms with Crippen LogP contribution in [-0.2, 0) is 12.6 Å². The van der Waals surface area contributed by atoms with Crippen molar-refractivity contribution in [2.75, 3.05) is 0 Å². The van der Waals surface area contributed by atoms with E-state index in [1.54, 1.807) is 0 Å². The van der Waals surface area contributed by atoms with E-state index in [0.717, 1.165) is 4.47 Å². The van der Waals surface area contributed by atoms with Crippen molar-refractivity contribution < 1.29 is 0 Å². The molecule has 0 spiro atoms. The molecule has 80 valence electrons. The zero-order valence-corrected chi connectivity index (χ0v) is 10.8. The number of nitrogens with two attached hydrogens (primary N) is 1. The van der Waals surface area contributed by atoms with Gasteiger partial charge in [-0.2, -0.15) is 0 Å². The van der Waals surface area contributed by atoms with Crippen LogP contribution in [0.15, 0.2) is 28.9 Å². The van der Waals surface area contributed by atoms with Crippen molar-refractivity contribution in [2.24, 2.45) is 12.8 Å². The first-order chi connectivity index (χ1) is 6.89. The molecule has 0 aliphatic rings. The lowest BCUT2D eigenvalue weighted by molar-refractivity contribution is 0.557. The predicted octanol–water partition coefficient (Wildman–Crippen LogP) is 3.13. The van der Waals surface area contributed by atoms with Gasteiger partial charge in [-0.3, -0.25) is 0 Å². The molecule has 0 bridgehead atoms. The van der Waals surface area contributed by atoms with Gasteiger partial charge in [0.1, 0.15) is 0 Å². The molecule has 0 aliphatic carbocycles. The summed E-state index contributed by atoms with van der Waals surface area (Å²) in [4.78, 5) is 0. The van der Waals surface area contributed by atoms with Crippen LogP contribution in [0.25, 0.3) is 10.9 Å². The van der Waals surface area contributed by atoms with Crippen LogP contribution >= 0.6 is 15.9 Å². The Morgan fingerprint density at radius 3 is 2.60 bits per heavy atom. The first kappa shape index (κ1) is 10.7. The molecule has 2 rings (SSSR count). The van der Waals surface area contributed by atoms with Gasteiger partial charge in [-0.05, 0) is 31.5 Å². The summed E-state index contributed by atoms with van der Waals surface area (Å²) in [5.41, 5.74) is 8.24. The summed E-state index contributed by atoms with van der Waals surface area (Å²) in [6, 6.07) is 6.28. The number of aryl methyl sites for hydroxylation is 1. The van der Waals surface area contributed by atoms with E-state index in [4.69, 9.17) is 5.73 Å². The maximum Gasteiger partial charge on any atom is 0.0492 e. The van der Waals surface area contributed by atoms with E-state index in [1.165, 1.54) is 16.5 Å². The number of rotatable bonds is 1. The molecule has 0 atom stereocenters. The molecule has 2 nitrogen and oxygen atoms in total. The minimum atomic E-state index is -0.298. The first-order valence-corrected chi connectivity index (χ1v) is 5.73. The van der Waals surface area contributed by atoms with Gasteiger partial charge < -0.3 is 10.3 Å². The highest BCUT2D eigenvalue weighted by atomic mass is 79.9. The van der Waals surface area contributed by atoms with E-state index >= 15 is 0 Å². The Morgan fingerprint density at radius 2 is 2.00 bits per heavy atom. The first-order valence-electron chi connectivity index (χ1n) is 4.93. The van der Waals surface area contributed by atoms with Crippen LogP contribution < -0.4 is 5.73 Å². The van der Waals surface area contributed by atoms with Crippen molar-refractivity contribution in [2.45, 2.75) is 19.4 Å². The smallest absolute Gasteiger partial charge is 0.0492 e. The summed E-state index contributed by atoms with van der Waals surface area (Å²) in [6.45, 7) is 4.06. The van der Waals surface area contributed by atoms with Crippen molar-refractivity contribution in [3.63, 3.8) is 0 Å². The monoisotopic (exact) mass is 266 g/mol. The highest BCUT2D eigenvalue weighted by Gasteiger charge is 2.19. The second-order valence-electron chi connectivity index (χ2n) is 4.54. The normalized spacial score (nSPS) is 12.3. The molecule has 2 aromatic rings. The van der Waals surface area contributed by atoms with Crippen LogP contribution in [0.2, 0.25) is 0 Å². The molecule has 0 amide bonds. The van der Waals surface area contributed by atoms with Crippen LogP contribution in [-0.4, -0.2) is 4.57 Å². The Balaban J connectivity index is 2.79. The van der Waals surface area contributed by atoms with Crippen molar-refractivity contribution in [3.8, 4) is 0 Å². The molecule has 3 heteroatoms. The van der Waals surface area contributed by atoms with E-state index in [2.05, 4.69) is 44.9 Å². The number of hydrogen-bond donors (Lipinski definition) is 1. The number of nitrogens with zero attached hydrogens (tertiary/aromatic N) is 1. The fourth-order valence-electron chi connectivity index (χ4n) is 1.87. The second-order valence-corrected chi connectivity index (χ2v) is 5.45. The van der Waals surface area contributed by atoms with Crippen molar-refractivity contribution in [1.29, 1.82) is 0 Å². The quantitative estimate of drug-likeness (QED) is 0.845. The lowest BCUT2D eigenvalue weighted by Gasteiger charge is -2.17. The van der Waals surface area contributed by atoms with Gasteiger partial charge in [0, 0.05) is 34.2 Å². The maximum atomic E-state index is 6.15. The number of hydrogen-bond acceptors (Lipinski definition) is 1. The van der Waals surface area contributed by atoms with Crippen LogP contribution in [0, 0.1) is 0 Å². The average molecular weight is 267 g/mol. The van der Waals surface area contributed by atoms with Gasteiger partial charge in [0.05, 0.1) is 0 Å². The van der Waals surface area contributed by atoms with Gasteiger partial charge in [-0.25, -0.2) is 0 Å². The van der Waals surface area contributed by atoms with E-state index in [9.17, 15) is 0 Å². The largest absolute Gasteiger partial charge is 0.350 e. The van der Waals surface area contributed by atoms with Gasteiger partial charge in [-0.1, -0.05) is 22.0 Å². The molecule has 1 heterocycles. The summed E-state index contributed by atoms with van der Waals surface area (Å²) in [7, 11) is 2.05. The van der Waals surface area contributed by atoms with Crippen molar-refractivity contribution in [3.05, 3.63) is 34.4 Å². The molecule has 15 heavy (non-hydrogen) atoms. The molecular weight excluding hydrogens is 252 g/mol. The third kappa shape index (κ3) is 1.82. The lowest BCUT2D eigenvalue weighted by Crippen LogP contribution is -2.28. The Morgan fingerprint density at radius 1 is 1.33 bits per heavy atom. The number of fused-ring (bicyclic) bond motifs is 1. The summed E-state index contributed by atoms with van der Waals surface area (Å²) >= 11 is 3.48. The minimum absolute atomic E-state index is 0.298. The molecule has 0 unspecified atom stereocenters. The van der Waals surface area contributed by atoms with Crippen molar-refractivity contribution >= 4 is 26.8 Å². The summed E-state index contributed by atoms with van der Waals surface area (Å²) < 4.78 is 3.21. The molecule has 0 saturated heterocycles. The van der Waals surface area contributed by atoms with Gasteiger partial charge in [-0.15, -0.1) is 0 Å². The summed E-state index contributed by atoms with van der Waals surface area (Å²) in [5.74, 6) is 0. The van der Waals surface area contributed by atoms with E-state index in [1.807, 2.05) is 20.9 Å². The predicted molar refractivity (Wildman–Crippen MR) is 67.8 cm³/mol. The fourth-order valence-corrected chi connectivity index (χ4v) is 2.22. The highest BCUT2D eigenvalue weighted by molar-refractivity contribution is 9.10. The van der Waals surface area contributed by atoms with Gasteiger partial charge >= 0.3 is 0 Å². The van der Waals surface area contributed by atoms with Crippen LogP contribution in [0.1, 0.15) is 19.4 Å². The number of aromatic nitrogens is 1. The van der Waals surface area contributed by atoms with Crippen molar-refractivity contribution in [1.82, 2.24) is 4.57 Å². The van der Waals surface area contributed by atoms with E-state index < -0.39 is 0 Å². The molecule has 0 radical (unpaired) electrons. The average Bonchev–Trinajstić information content (AvgIpc) is 2.43. The molecule has 0 aliphatic heterocycles. The zero-order valence-electron chi connectivity index (χ0n) is 9.21. The van der Waals surface area contributed by atoms with Crippen LogP contribution in [0.4, 0.5) is 0 Å². The molecule has 0 saturated carbocycles. The SMILES string of the molecule is Cn1cc(C(C)(C)N)c2ccc(Br)cc21. The standard InChI is InChI=1S/C12H15BrN2/c1-12(2,14)10-7-15(3)11-6-8(13)4-5-9(10)11/h4-7H,14H2,1-3H3. The summed E-state index contributed by atoms with van der Waals surface area (Å²) in [6.07, 6.45) is 2.11. The summed E-state index contributed by atoms with van der Waals surface area (Å²) in [5, 5.41) is 1.23. The Bertz CT molecular complexity index is 506. The van der Waals surface area contributed by atoms with Crippen LogP contribution in [0.5, 0.6) is 0 Å². The number of halogens is 1. The second kappa shape index (κ2) is 3.35. The van der Waals surface area contributed by atoms with Crippen LogP contribution in [0.3, 0.4) is 0 Å². The molecule has 1 aromatic heterocycles.